The number of nitrogen functional groups attached to an aromatic ring is 1. The Bertz CT molecular complexity index is 381. The number of hydrogen-bond donors (Lipinski definition) is 3. The molecule has 1 aliphatic heterocycles. The van der Waals surface area contributed by atoms with Gasteiger partial charge in [0.1, 0.15) is 5.75 Å². The van der Waals surface area contributed by atoms with E-state index in [4.69, 9.17) is 5.73 Å². The van der Waals surface area contributed by atoms with E-state index < -0.39 is 6.10 Å². The molecule has 0 spiro atoms. The third-order valence-corrected chi connectivity index (χ3v) is 3.26. The van der Waals surface area contributed by atoms with Gasteiger partial charge in [-0.2, -0.15) is 0 Å². The average molecular weight is 222 g/mol. The van der Waals surface area contributed by atoms with Gasteiger partial charge in [-0.25, -0.2) is 0 Å². The van der Waals surface area contributed by atoms with Crippen molar-refractivity contribution in [1.82, 2.24) is 4.90 Å². The SMILES string of the molecule is CN1CCC(C(O)c2ccc(O)cc2N)C1. The molecule has 1 aromatic carbocycles. The van der Waals surface area contributed by atoms with Crippen molar-refractivity contribution in [3.05, 3.63) is 23.8 Å². The van der Waals surface area contributed by atoms with Crippen LogP contribution in [0.15, 0.2) is 18.2 Å². The van der Waals surface area contributed by atoms with Gasteiger partial charge < -0.3 is 20.8 Å². The smallest absolute Gasteiger partial charge is 0.117 e. The summed E-state index contributed by atoms with van der Waals surface area (Å²) in [5.41, 5.74) is 6.97. The fourth-order valence-electron chi connectivity index (χ4n) is 2.31. The second-order valence-corrected chi connectivity index (χ2v) is 4.57. The largest absolute Gasteiger partial charge is 0.508 e. The maximum Gasteiger partial charge on any atom is 0.117 e. The summed E-state index contributed by atoms with van der Waals surface area (Å²) in [6.07, 6.45) is 0.448. The summed E-state index contributed by atoms with van der Waals surface area (Å²) in [5, 5.41) is 19.5. The van der Waals surface area contributed by atoms with Gasteiger partial charge >= 0.3 is 0 Å². The van der Waals surface area contributed by atoms with Gasteiger partial charge in [0.05, 0.1) is 6.10 Å². The van der Waals surface area contributed by atoms with Crippen molar-refractivity contribution < 1.29 is 10.2 Å². The number of phenols is 1. The molecular formula is C12H18N2O2. The molecule has 2 atom stereocenters. The third-order valence-electron chi connectivity index (χ3n) is 3.26. The van der Waals surface area contributed by atoms with E-state index in [0.717, 1.165) is 25.1 Å². The standard InChI is InChI=1S/C12H18N2O2/c1-14-5-4-8(7-14)12(16)10-3-2-9(15)6-11(10)13/h2-3,6,8,12,15-16H,4-5,7,13H2,1H3. The van der Waals surface area contributed by atoms with E-state index in [2.05, 4.69) is 4.90 Å². The molecule has 4 N–H and O–H groups in total. The highest BCUT2D eigenvalue weighted by atomic mass is 16.3. The summed E-state index contributed by atoms with van der Waals surface area (Å²) in [5.74, 6) is 0.369. The molecule has 16 heavy (non-hydrogen) atoms. The van der Waals surface area contributed by atoms with E-state index in [-0.39, 0.29) is 11.7 Å². The first-order valence-electron chi connectivity index (χ1n) is 5.53. The predicted molar refractivity (Wildman–Crippen MR) is 63.1 cm³/mol. The maximum absolute atomic E-state index is 10.2. The van der Waals surface area contributed by atoms with Crippen LogP contribution in [0.2, 0.25) is 0 Å². The van der Waals surface area contributed by atoms with E-state index >= 15 is 0 Å². The first-order chi connectivity index (χ1) is 7.58. The molecule has 0 aliphatic carbocycles. The van der Waals surface area contributed by atoms with Gasteiger partial charge in [-0.1, -0.05) is 6.07 Å². The lowest BCUT2D eigenvalue weighted by Gasteiger charge is -2.20. The highest BCUT2D eigenvalue weighted by Gasteiger charge is 2.28. The number of likely N-dealkylation sites (tertiary alicyclic amines) is 1. The molecular weight excluding hydrogens is 204 g/mol. The molecule has 1 aromatic rings. The number of nitrogens with two attached hydrogens (primary N) is 1. The van der Waals surface area contributed by atoms with Crippen LogP contribution < -0.4 is 5.73 Å². The minimum absolute atomic E-state index is 0.136. The van der Waals surface area contributed by atoms with Gasteiger partial charge in [-0.3, -0.25) is 0 Å². The number of benzene rings is 1. The van der Waals surface area contributed by atoms with Crippen molar-refractivity contribution >= 4 is 5.69 Å². The molecule has 2 unspecified atom stereocenters. The molecule has 0 aromatic heterocycles. The number of anilines is 1. The van der Waals surface area contributed by atoms with Gasteiger partial charge in [0.2, 0.25) is 0 Å². The zero-order valence-corrected chi connectivity index (χ0v) is 9.43. The quantitative estimate of drug-likeness (QED) is 0.652. The first kappa shape index (κ1) is 11.2. The van der Waals surface area contributed by atoms with Crippen molar-refractivity contribution in [2.75, 3.05) is 25.9 Å². The van der Waals surface area contributed by atoms with Crippen molar-refractivity contribution in [2.45, 2.75) is 12.5 Å². The second kappa shape index (κ2) is 4.31. The Balaban J connectivity index is 2.17. The van der Waals surface area contributed by atoms with Crippen LogP contribution >= 0.6 is 0 Å². The molecule has 2 rings (SSSR count). The van der Waals surface area contributed by atoms with E-state index in [1.54, 1.807) is 12.1 Å². The molecule has 1 saturated heterocycles. The normalized spacial score (nSPS) is 23.5. The van der Waals surface area contributed by atoms with Crippen LogP contribution in [0.4, 0.5) is 5.69 Å². The average Bonchev–Trinajstić information content (AvgIpc) is 2.64. The number of aliphatic hydroxyl groups is 1. The van der Waals surface area contributed by atoms with Crippen LogP contribution in [-0.2, 0) is 0 Å². The van der Waals surface area contributed by atoms with Crippen LogP contribution in [0, 0.1) is 5.92 Å². The van der Waals surface area contributed by atoms with Gasteiger partial charge in [0.25, 0.3) is 0 Å². The Morgan fingerprint density at radius 3 is 2.81 bits per heavy atom. The Morgan fingerprint density at radius 1 is 1.50 bits per heavy atom. The van der Waals surface area contributed by atoms with Gasteiger partial charge in [0.15, 0.2) is 0 Å². The number of hydrogen-bond acceptors (Lipinski definition) is 4. The zero-order chi connectivity index (χ0) is 11.7. The van der Waals surface area contributed by atoms with Crippen molar-refractivity contribution in [3.63, 3.8) is 0 Å². The number of phenolic OH excluding ortho intramolecular Hbond substituents is 1. The summed E-state index contributed by atoms with van der Waals surface area (Å²) in [4.78, 5) is 2.20. The van der Waals surface area contributed by atoms with Crippen LogP contribution in [0.5, 0.6) is 5.75 Å². The van der Waals surface area contributed by atoms with Crippen LogP contribution in [-0.4, -0.2) is 35.3 Å². The molecule has 0 amide bonds. The number of aliphatic hydroxyl groups excluding tert-OH is 1. The second-order valence-electron chi connectivity index (χ2n) is 4.57. The van der Waals surface area contributed by atoms with Gasteiger partial charge in [0, 0.05) is 29.8 Å². The van der Waals surface area contributed by atoms with Crippen LogP contribution in [0.1, 0.15) is 18.1 Å². The van der Waals surface area contributed by atoms with Gasteiger partial charge in [-0.15, -0.1) is 0 Å². The highest BCUT2D eigenvalue weighted by Crippen LogP contribution is 2.33. The van der Waals surface area contributed by atoms with Crippen LogP contribution in [0.3, 0.4) is 0 Å². The first-order valence-corrected chi connectivity index (χ1v) is 5.53. The van der Waals surface area contributed by atoms with E-state index in [0.29, 0.717) is 5.69 Å². The number of nitrogens with zero attached hydrogens (tertiary/aromatic N) is 1. The molecule has 1 aliphatic rings. The predicted octanol–water partition coefficient (Wildman–Crippen LogP) is 0.960. The highest BCUT2D eigenvalue weighted by molar-refractivity contribution is 5.52. The molecule has 1 fully saturated rings. The lowest BCUT2D eigenvalue weighted by atomic mass is 9.94. The zero-order valence-electron chi connectivity index (χ0n) is 9.43. The van der Waals surface area contributed by atoms with Crippen molar-refractivity contribution in [3.8, 4) is 5.75 Å². The summed E-state index contributed by atoms with van der Waals surface area (Å²) in [6, 6.07) is 4.75. The fraction of sp³-hybridized carbons (Fsp3) is 0.500. The summed E-state index contributed by atoms with van der Waals surface area (Å²) in [7, 11) is 2.05. The Labute approximate surface area is 95.3 Å². The lowest BCUT2D eigenvalue weighted by molar-refractivity contribution is 0.113. The molecule has 4 heteroatoms. The Kier molecular flexibility index (Phi) is 3.03. The van der Waals surface area contributed by atoms with Crippen molar-refractivity contribution in [1.29, 1.82) is 0 Å². The molecule has 0 radical (unpaired) electrons. The van der Waals surface area contributed by atoms with Crippen molar-refractivity contribution in [2.24, 2.45) is 5.92 Å². The lowest BCUT2D eigenvalue weighted by Crippen LogP contribution is -2.19. The summed E-state index contributed by atoms with van der Waals surface area (Å²) in [6.45, 7) is 1.90. The Hall–Kier alpha value is -1.26. The monoisotopic (exact) mass is 222 g/mol. The minimum Gasteiger partial charge on any atom is -0.508 e. The fourth-order valence-corrected chi connectivity index (χ4v) is 2.31. The molecule has 4 nitrogen and oxygen atoms in total. The number of rotatable bonds is 2. The minimum atomic E-state index is -0.537. The summed E-state index contributed by atoms with van der Waals surface area (Å²) >= 11 is 0. The summed E-state index contributed by atoms with van der Waals surface area (Å²) < 4.78 is 0. The van der Waals surface area contributed by atoms with E-state index in [1.165, 1.54) is 6.07 Å². The Morgan fingerprint density at radius 2 is 2.25 bits per heavy atom. The maximum atomic E-state index is 10.2. The third kappa shape index (κ3) is 2.13. The van der Waals surface area contributed by atoms with Crippen LogP contribution in [0.25, 0.3) is 0 Å². The molecule has 0 bridgehead atoms. The van der Waals surface area contributed by atoms with Gasteiger partial charge in [-0.05, 0) is 26.1 Å². The topological polar surface area (TPSA) is 69.7 Å². The van der Waals surface area contributed by atoms with E-state index in [9.17, 15) is 10.2 Å². The molecule has 1 heterocycles. The molecule has 88 valence electrons. The molecule has 0 saturated carbocycles. The van der Waals surface area contributed by atoms with E-state index in [1.807, 2.05) is 7.05 Å². The number of aromatic hydroxyl groups is 1.